The van der Waals surface area contributed by atoms with E-state index < -0.39 is 0 Å². The molecule has 1 aliphatic rings. The Balaban J connectivity index is 1.66. The Hall–Kier alpha value is -0.500. The van der Waals surface area contributed by atoms with E-state index >= 15 is 0 Å². The second kappa shape index (κ2) is 9.60. The number of ether oxygens (including phenoxy) is 1. The molecule has 2 rings (SSSR count). The summed E-state index contributed by atoms with van der Waals surface area (Å²) in [6, 6.07) is 8.03. The number of fused-ring (bicyclic) bond motifs is 1. The van der Waals surface area contributed by atoms with Crippen LogP contribution in [0.3, 0.4) is 0 Å². The van der Waals surface area contributed by atoms with E-state index in [9.17, 15) is 0 Å². The van der Waals surface area contributed by atoms with Crippen LogP contribution in [0.15, 0.2) is 29.3 Å². The predicted octanol–water partition coefficient (Wildman–Crippen LogP) is 7.04. The molecule has 1 nitrogen and oxygen atoms in total. The molecule has 3 heteroatoms. The molecule has 122 valence electrons. The minimum atomic E-state index is -0.171. The zero-order chi connectivity index (χ0) is 15.8. The van der Waals surface area contributed by atoms with E-state index in [4.69, 9.17) is 27.9 Å². The van der Waals surface area contributed by atoms with Gasteiger partial charge in [-0.3, -0.25) is 0 Å². The van der Waals surface area contributed by atoms with Gasteiger partial charge < -0.3 is 4.74 Å². The lowest BCUT2D eigenvalue weighted by Gasteiger charge is -2.14. The number of hydrogen-bond acceptors (Lipinski definition) is 1. The van der Waals surface area contributed by atoms with Crippen molar-refractivity contribution >= 4 is 28.2 Å². The fourth-order valence-corrected chi connectivity index (χ4v) is 3.46. The maximum Gasteiger partial charge on any atom is 0.120 e. The third kappa shape index (κ3) is 4.75. The van der Waals surface area contributed by atoms with Gasteiger partial charge in [0.25, 0.3) is 0 Å². The van der Waals surface area contributed by atoms with E-state index in [1.807, 2.05) is 24.3 Å². The smallest absolute Gasteiger partial charge is 0.120 e. The summed E-state index contributed by atoms with van der Waals surface area (Å²) < 4.78 is 5.98. The zero-order valence-corrected chi connectivity index (χ0v) is 14.9. The molecule has 0 aliphatic heterocycles. The second-order valence-corrected chi connectivity index (χ2v) is 6.76. The molecule has 1 aromatic carbocycles. The van der Waals surface area contributed by atoms with Gasteiger partial charge in [0.15, 0.2) is 0 Å². The van der Waals surface area contributed by atoms with Gasteiger partial charge in [-0.1, -0.05) is 99.3 Å². The Labute approximate surface area is 144 Å². The summed E-state index contributed by atoms with van der Waals surface area (Å²) in [5.41, 5.74) is 2.10. The fourth-order valence-electron chi connectivity index (χ4n) is 2.91. The number of benzene rings is 1. The summed E-state index contributed by atoms with van der Waals surface area (Å²) >= 11 is 12.6. The molecule has 0 spiro atoms. The van der Waals surface area contributed by atoms with E-state index in [0.29, 0.717) is 10.1 Å². The van der Waals surface area contributed by atoms with Crippen LogP contribution in [0, 0.1) is 0 Å². The van der Waals surface area contributed by atoms with Crippen LogP contribution in [-0.4, -0.2) is 6.61 Å². The highest BCUT2D eigenvalue weighted by Gasteiger charge is 2.29. The molecule has 0 aromatic heterocycles. The van der Waals surface area contributed by atoms with Gasteiger partial charge in [-0.15, -0.1) is 0 Å². The SMILES string of the molecule is CCCCCCCCCCOC1C(Cl)=C(Cl)c2ccccc21. The van der Waals surface area contributed by atoms with E-state index in [1.165, 1.54) is 44.9 Å². The molecule has 1 unspecified atom stereocenters. The van der Waals surface area contributed by atoms with E-state index in [2.05, 4.69) is 6.92 Å². The minimum absolute atomic E-state index is 0.171. The molecule has 0 amide bonds. The van der Waals surface area contributed by atoms with Crippen molar-refractivity contribution in [1.29, 1.82) is 0 Å². The Morgan fingerprint density at radius 2 is 1.55 bits per heavy atom. The molecule has 0 bridgehead atoms. The van der Waals surface area contributed by atoms with Crippen molar-refractivity contribution in [2.75, 3.05) is 6.61 Å². The maximum atomic E-state index is 6.33. The lowest BCUT2D eigenvalue weighted by Crippen LogP contribution is -2.03. The Kier molecular flexibility index (Phi) is 7.79. The summed E-state index contributed by atoms with van der Waals surface area (Å²) in [5, 5.41) is 1.26. The average Bonchev–Trinajstić information content (AvgIpc) is 2.78. The van der Waals surface area contributed by atoms with Crippen molar-refractivity contribution in [2.24, 2.45) is 0 Å². The standard InChI is InChI=1S/C19H26Cl2O/c1-2-3-4-5-6-7-8-11-14-22-19-16-13-10-9-12-15(16)17(20)18(19)21/h9-10,12-13,19H,2-8,11,14H2,1H3. The topological polar surface area (TPSA) is 9.23 Å². The van der Waals surface area contributed by atoms with Gasteiger partial charge in [0.2, 0.25) is 0 Å². The lowest BCUT2D eigenvalue weighted by molar-refractivity contribution is 0.0810. The number of unbranched alkanes of at least 4 members (excludes halogenated alkanes) is 7. The van der Waals surface area contributed by atoms with Crippen LogP contribution >= 0.6 is 23.2 Å². The van der Waals surface area contributed by atoms with Crippen LogP contribution in [0.1, 0.15) is 75.5 Å². The van der Waals surface area contributed by atoms with Crippen molar-refractivity contribution in [3.8, 4) is 0 Å². The van der Waals surface area contributed by atoms with Crippen molar-refractivity contribution in [2.45, 2.75) is 64.4 Å². The second-order valence-electron chi connectivity index (χ2n) is 5.97. The van der Waals surface area contributed by atoms with Gasteiger partial charge >= 0.3 is 0 Å². The number of rotatable bonds is 10. The van der Waals surface area contributed by atoms with Crippen LogP contribution in [-0.2, 0) is 4.74 Å². The Morgan fingerprint density at radius 1 is 0.909 bits per heavy atom. The summed E-state index contributed by atoms with van der Waals surface area (Å²) in [4.78, 5) is 0. The van der Waals surface area contributed by atoms with Crippen molar-refractivity contribution in [1.82, 2.24) is 0 Å². The zero-order valence-electron chi connectivity index (χ0n) is 13.4. The third-order valence-electron chi connectivity index (χ3n) is 4.20. The molecule has 1 atom stereocenters. The predicted molar refractivity (Wildman–Crippen MR) is 96.4 cm³/mol. The molecular weight excluding hydrogens is 315 g/mol. The van der Waals surface area contributed by atoms with Crippen LogP contribution in [0.25, 0.3) is 5.03 Å². The first-order valence-corrected chi connectivity index (χ1v) is 9.27. The highest BCUT2D eigenvalue weighted by molar-refractivity contribution is 6.55. The fraction of sp³-hybridized carbons (Fsp3) is 0.579. The molecule has 0 saturated heterocycles. The highest BCUT2D eigenvalue weighted by Crippen LogP contribution is 2.46. The van der Waals surface area contributed by atoms with Gasteiger partial charge in [0.1, 0.15) is 6.10 Å². The van der Waals surface area contributed by atoms with Gasteiger partial charge in [-0.25, -0.2) is 0 Å². The quantitative estimate of drug-likeness (QED) is 0.415. The molecule has 0 fully saturated rings. The normalized spacial score (nSPS) is 17.1. The summed E-state index contributed by atoms with van der Waals surface area (Å²) in [6.07, 6.45) is 10.2. The Morgan fingerprint density at radius 3 is 2.27 bits per heavy atom. The monoisotopic (exact) mass is 340 g/mol. The molecule has 0 heterocycles. The van der Waals surface area contributed by atoms with Gasteiger partial charge in [0.05, 0.1) is 10.1 Å². The first-order valence-electron chi connectivity index (χ1n) is 8.51. The van der Waals surface area contributed by atoms with Crippen LogP contribution < -0.4 is 0 Å². The van der Waals surface area contributed by atoms with Crippen LogP contribution in [0.5, 0.6) is 0 Å². The van der Waals surface area contributed by atoms with Gasteiger partial charge in [-0.2, -0.15) is 0 Å². The van der Waals surface area contributed by atoms with Crippen molar-refractivity contribution in [3.05, 3.63) is 40.4 Å². The highest BCUT2D eigenvalue weighted by atomic mass is 35.5. The van der Waals surface area contributed by atoms with Crippen molar-refractivity contribution in [3.63, 3.8) is 0 Å². The number of halogens is 2. The molecule has 22 heavy (non-hydrogen) atoms. The first-order chi connectivity index (χ1) is 10.8. The molecule has 1 aromatic rings. The van der Waals surface area contributed by atoms with E-state index in [1.54, 1.807) is 0 Å². The number of hydrogen-bond donors (Lipinski definition) is 0. The van der Waals surface area contributed by atoms with Crippen molar-refractivity contribution < 1.29 is 4.74 Å². The largest absolute Gasteiger partial charge is 0.368 e. The summed E-state index contributed by atoms with van der Waals surface area (Å²) in [7, 11) is 0. The molecule has 0 radical (unpaired) electrons. The summed E-state index contributed by atoms with van der Waals surface area (Å²) in [5.74, 6) is 0. The molecule has 1 aliphatic carbocycles. The lowest BCUT2D eigenvalue weighted by atomic mass is 10.1. The molecule has 0 N–H and O–H groups in total. The average molecular weight is 341 g/mol. The van der Waals surface area contributed by atoms with E-state index in [0.717, 1.165) is 24.2 Å². The van der Waals surface area contributed by atoms with E-state index in [-0.39, 0.29) is 6.10 Å². The van der Waals surface area contributed by atoms with Crippen LogP contribution in [0.4, 0.5) is 0 Å². The summed E-state index contributed by atoms with van der Waals surface area (Å²) in [6.45, 7) is 3.00. The third-order valence-corrected chi connectivity index (χ3v) is 5.09. The minimum Gasteiger partial charge on any atom is -0.368 e. The maximum absolute atomic E-state index is 6.33. The van der Waals surface area contributed by atoms with Gasteiger partial charge in [-0.05, 0) is 12.0 Å². The molecular formula is C19H26Cl2O. The first kappa shape index (κ1) is 17.8. The Bertz CT molecular complexity index is 496. The van der Waals surface area contributed by atoms with Gasteiger partial charge in [0, 0.05) is 12.2 Å². The molecule has 0 saturated carbocycles. The van der Waals surface area contributed by atoms with Crippen LogP contribution in [0.2, 0.25) is 0 Å².